The van der Waals surface area contributed by atoms with Crippen molar-refractivity contribution in [2.24, 2.45) is 0 Å². The smallest absolute Gasteiger partial charge is 0.338 e. The second kappa shape index (κ2) is 5.66. The zero-order chi connectivity index (χ0) is 14.7. The number of carbonyl (C=O) groups is 1. The van der Waals surface area contributed by atoms with E-state index in [1.807, 2.05) is 30.3 Å². The summed E-state index contributed by atoms with van der Waals surface area (Å²) < 4.78 is 4.99. The first-order valence-corrected chi connectivity index (χ1v) is 6.75. The summed E-state index contributed by atoms with van der Waals surface area (Å²) in [4.78, 5) is 19.3. The van der Waals surface area contributed by atoms with E-state index in [9.17, 15) is 4.79 Å². The van der Waals surface area contributed by atoms with Gasteiger partial charge in [-0.1, -0.05) is 18.2 Å². The third-order valence-corrected chi connectivity index (χ3v) is 3.03. The van der Waals surface area contributed by atoms with Crippen LogP contribution in [0.3, 0.4) is 0 Å². The fourth-order valence-corrected chi connectivity index (χ4v) is 2.09. The molecule has 1 heterocycles. The van der Waals surface area contributed by atoms with Gasteiger partial charge in [-0.2, -0.15) is 0 Å². The minimum atomic E-state index is -0.328. The highest BCUT2D eigenvalue weighted by atomic mass is 16.5. The molecule has 0 aliphatic rings. The molecular formula is C16H15N3O2. The molecule has 0 saturated carbocycles. The lowest BCUT2D eigenvalue weighted by atomic mass is 10.2. The van der Waals surface area contributed by atoms with Crippen LogP contribution in [-0.4, -0.2) is 22.5 Å². The van der Waals surface area contributed by atoms with Crippen LogP contribution in [0, 0.1) is 0 Å². The number of carbonyl (C=O) groups excluding carboxylic acids is 1. The van der Waals surface area contributed by atoms with Gasteiger partial charge in [-0.05, 0) is 37.3 Å². The van der Waals surface area contributed by atoms with E-state index in [1.165, 1.54) is 0 Å². The second-order valence-electron chi connectivity index (χ2n) is 4.53. The lowest BCUT2D eigenvalue weighted by Gasteiger charge is -2.05. The van der Waals surface area contributed by atoms with Gasteiger partial charge >= 0.3 is 5.97 Å². The molecule has 0 amide bonds. The molecule has 0 aliphatic heterocycles. The molecule has 5 nitrogen and oxygen atoms in total. The maximum Gasteiger partial charge on any atom is 0.338 e. The van der Waals surface area contributed by atoms with Gasteiger partial charge in [0.15, 0.2) is 0 Å². The average Bonchev–Trinajstić information content (AvgIpc) is 2.90. The topological polar surface area (TPSA) is 67.0 Å². The lowest BCUT2D eigenvalue weighted by molar-refractivity contribution is 0.0526. The molecule has 0 unspecified atom stereocenters. The molecule has 0 bridgehead atoms. The number of rotatable bonds is 4. The van der Waals surface area contributed by atoms with E-state index in [0.717, 1.165) is 16.7 Å². The number of para-hydroxylation sites is 2. The van der Waals surface area contributed by atoms with Crippen molar-refractivity contribution in [2.45, 2.75) is 6.92 Å². The van der Waals surface area contributed by atoms with Gasteiger partial charge in [0.05, 0.1) is 23.2 Å². The minimum absolute atomic E-state index is 0.328. The van der Waals surface area contributed by atoms with Gasteiger partial charge in [0.1, 0.15) is 0 Å². The van der Waals surface area contributed by atoms with Crippen LogP contribution in [0.5, 0.6) is 0 Å². The molecule has 0 saturated heterocycles. The molecule has 21 heavy (non-hydrogen) atoms. The highest BCUT2D eigenvalue weighted by Crippen LogP contribution is 2.19. The molecule has 0 spiro atoms. The van der Waals surface area contributed by atoms with Crippen molar-refractivity contribution in [3.63, 3.8) is 0 Å². The fourth-order valence-electron chi connectivity index (χ4n) is 2.09. The first-order chi connectivity index (χ1) is 10.3. The van der Waals surface area contributed by atoms with E-state index in [1.54, 1.807) is 25.1 Å². The van der Waals surface area contributed by atoms with Crippen molar-refractivity contribution >= 4 is 28.6 Å². The highest BCUT2D eigenvalue weighted by molar-refractivity contribution is 5.90. The SMILES string of the molecule is CCOC(=O)c1cccc(Nc2nc3ccccc3[nH]2)c1. The number of nitrogens with zero attached hydrogens (tertiary/aromatic N) is 1. The Morgan fingerprint density at radius 1 is 1.24 bits per heavy atom. The van der Waals surface area contributed by atoms with Crippen molar-refractivity contribution in [1.29, 1.82) is 0 Å². The Bertz CT molecular complexity index is 747. The Kier molecular flexibility index (Phi) is 3.55. The van der Waals surface area contributed by atoms with Crippen molar-refractivity contribution < 1.29 is 9.53 Å². The molecule has 3 rings (SSSR count). The highest BCUT2D eigenvalue weighted by Gasteiger charge is 2.08. The number of benzene rings is 2. The van der Waals surface area contributed by atoms with Crippen LogP contribution in [0.15, 0.2) is 48.5 Å². The number of H-pyrrole nitrogens is 1. The largest absolute Gasteiger partial charge is 0.462 e. The van der Waals surface area contributed by atoms with Crippen LogP contribution in [0.2, 0.25) is 0 Å². The Morgan fingerprint density at radius 3 is 2.90 bits per heavy atom. The summed E-state index contributed by atoms with van der Waals surface area (Å²) in [5.41, 5.74) is 3.14. The first kappa shape index (κ1) is 13.2. The fraction of sp³-hybridized carbons (Fsp3) is 0.125. The van der Waals surface area contributed by atoms with E-state index in [2.05, 4.69) is 15.3 Å². The van der Waals surface area contributed by atoms with Crippen molar-refractivity contribution in [1.82, 2.24) is 9.97 Å². The number of nitrogens with one attached hydrogen (secondary N) is 2. The summed E-state index contributed by atoms with van der Waals surface area (Å²) in [6.45, 7) is 2.15. The van der Waals surface area contributed by atoms with Gasteiger partial charge in [0.2, 0.25) is 5.95 Å². The quantitative estimate of drug-likeness (QED) is 0.718. The molecule has 1 aromatic heterocycles. The minimum Gasteiger partial charge on any atom is -0.462 e. The molecule has 0 fully saturated rings. The van der Waals surface area contributed by atoms with Crippen LogP contribution < -0.4 is 5.32 Å². The van der Waals surface area contributed by atoms with Crippen LogP contribution in [0.25, 0.3) is 11.0 Å². The number of hydrogen-bond acceptors (Lipinski definition) is 4. The number of imidazole rings is 1. The predicted octanol–water partition coefficient (Wildman–Crippen LogP) is 3.48. The number of hydrogen-bond donors (Lipinski definition) is 2. The summed E-state index contributed by atoms with van der Waals surface area (Å²) in [6.07, 6.45) is 0. The number of anilines is 2. The zero-order valence-corrected chi connectivity index (χ0v) is 11.6. The normalized spacial score (nSPS) is 10.5. The Labute approximate surface area is 122 Å². The van der Waals surface area contributed by atoms with Gasteiger partial charge in [-0.25, -0.2) is 9.78 Å². The summed E-state index contributed by atoms with van der Waals surface area (Å²) in [5, 5.41) is 3.16. The Hall–Kier alpha value is -2.82. The van der Waals surface area contributed by atoms with Gasteiger partial charge < -0.3 is 15.0 Å². The molecule has 0 atom stereocenters. The summed E-state index contributed by atoms with van der Waals surface area (Å²) >= 11 is 0. The standard InChI is InChI=1S/C16H15N3O2/c1-2-21-15(20)11-6-5-7-12(10-11)17-16-18-13-8-3-4-9-14(13)19-16/h3-10H,2H2,1H3,(H2,17,18,19). The van der Waals surface area contributed by atoms with E-state index in [-0.39, 0.29) is 5.97 Å². The van der Waals surface area contributed by atoms with E-state index < -0.39 is 0 Å². The maximum absolute atomic E-state index is 11.7. The molecule has 0 aliphatic carbocycles. The van der Waals surface area contributed by atoms with Crippen molar-refractivity contribution in [3.8, 4) is 0 Å². The predicted molar refractivity (Wildman–Crippen MR) is 81.8 cm³/mol. The molecule has 2 N–H and O–H groups in total. The molecule has 5 heteroatoms. The number of ether oxygens (including phenoxy) is 1. The van der Waals surface area contributed by atoms with Crippen LogP contribution >= 0.6 is 0 Å². The monoisotopic (exact) mass is 281 g/mol. The Morgan fingerprint density at radius 2 is 2.10 bits per heavy atom. The van der Waals surface area contributed by atoms with Gasteiger partial charge in [0, 0.05) is 5.69 Å². The molecule has 106 valence electrons. The molecular weight excluding hydrogens is 266 g/mol. The summed E-state index contributed by atoms with van der Waals surface area (Å²) in [6, 6.07) is 14.9. The van der Waals surface area contributed by atoms with Crippen LogP contribution in [0.4, 0.5) is 11.6 Å². The number of aromatic amines is 1. The molecule has 3 aromatic rings. The lowest BCUT2D eigenvalue weighted by Crippen LogP contribution is -2.05. The number of aromatic nitrogens is 2. The summed E-state index contributed by atoms with van der Waals surface area (Å²) in [5.74, 6) is 0.308. The zero-order valence-electron chi connectivity index (χ0n) is 11.6. The Balaban J connectivity index is 1.84. The first-order valence-electron chi connectivity index (χ1n) is 6.75. The van der Waals surface area contributed by atoms with Gasteiger partial charge in [-0.3, -0.25) is 0 Å². The molecule has 0 radical (unpaired) electrons. The van der Waals surface area contributed by atoms with Gasteiger partial charge in [-0.15, -0.1) is 0 Å². The number of fused-ring (bicyclic) bond motifs is 1. The third kappa shape index (κ3) is 2.86. The molecule has 2 aromatic carbocycles. The average molecular weight is 281 g/mol. The van der Waals surface area contributed by atoms with Crippen LogP contribution in [0.1, 0.15) is 17.3 Å². The van der Waals surface area contributed by atoms with Crippen molar-refractivity contribution in [2.75, 3.05) is 11.9 Å². The van der Waals surface area contributed by atoms with Gasteiger partial charge in [0.25, 0.3) is 0 Å². The van der Waals surface area contributed by atoms with E-state index >= 15 is 0 Å². The van der Waals surface area contributed by atoms with Crippen molar-refractivity contribution in [3.05, 3.63) is 54.1 Å². The number of esters is 1. The maximum atomic E-state index is 11.7. The second-order valence-corrected chi connectivity index (χ2v) is 4.53. The van der Waals surface area contributed by atoms with Crippen LogP contribution in [-0.2, 0) is 4.74 Å². The summed E-state index contributed by atoms with van der Waals surface area (Å²) in [7, 11) is 0. The third-order valence-electron chi connectivity index (χ3n) is 3.03. The van der Waals surface area contributed by atoms with E-state index in [4.69, 9.17) is 4.74 Å². The van der Waals surface area contributed by atoms with E-state index in [0.29, 0.717) is 18.1 Å².